The van der Waals surface area contributed by atoms with E-state index in [0.29, 0.717) is 12.3 Å². The second-order valence-corrected chi connectivity index (χ2v) is 3.92. The lowest BCUT2D eigenvalue weighted by Crippen LogP contribution is -2.15. The van der Waals surface area contributed by atoms with Crippen LogP contribution in [0.5, 0.6) is 5.75 Å². The van der Waals surface area contributed by atoms with Crippen LogP contribution in [-0.4, -0.2) is 19.1 Å². The van der Waals surface area contributed by atoms with Gasteiger partial charge in [0, 0.05) is 11.5 Å². The van der Waals surface area contributed by atoms with Crippen molar-refractivity contribution >= 4 is 14.1 Å². The molecule has 0 heterocycles. The first-order valence-electron chi connectivity index (χ1n) is 4.75. The van der Waals surface area contributed by atoms with Crippen LogP contribution in [0, 0.1) is 0 Å². The van der Waals surface area contributed by atoms with Crippen molar-refractivity contribution in [3.8, 4) is 5.75 Å². The molecule has 1 aromatic rings. The maximum atomic E-state index is 11.3. The second-order valence-electron chi connectivity index (χ2n) is 2.91. The van der Waals surface area contributed by atoms with Crippen LogP contribution in [-0.2, 0) is 14.1 Å². The molecule has 0 saturated carbocycles. The van der Waals surface area contributed by atoms with E-state index < -0.39 is 8.18 Å². The number of para-hydroxylation sites is 1. The summed E-state index contributed by atoms with van der Waals surface area (Å²) in [6.07, 6.45) is 0. The third kappa shape index (κ3) is 5.44. The molecule has 0 spiro atoms. The zero-order valence-electron chi connectivity index (χ0n) is 8.88. The Morgan fingerprint density at radius 3 is 2.69 bits per heavy atom. The summed E-state index contributed by atoms with van der Waals surface area (Å²) >= 11 is 0. The number of ether oxygens (including phenoxy) is 1. The number of nitrogens with one attached hydrogen (secondary N) is 1. The molecule has 86 valence electrons. The predicted octanol–water partition coefficient (Wildman–Crippen LogP) is 1.88. The summed E-state index contributed by atoms with van der Waals surface area (Å²) in [7, 11) is -1.98. The van der Waals surface area contributed by atoms with Crippen LogP contribution in [0.3, 0.4) is 0 Å². The third-order valence-corrected chi connectivity index (χ3v) is 2.44. The summed E-state index contributed by atoms with van der Waals surface area (Å²) in [6, 6.07) is 8.84. The Morgan fingerprint density at radius 2 is 2.06 bits per heavy atom. The fourth-order valence-corrected chi connectivity index (χ4v) is 1.59. The number of hydrogen-bond acceptors (Lipinski definition) is 4. The Morgan fingerprint density at radius 1 is 1.38 bits per heavy atom. The number of benzene rings is 1. The van der Waals surface area contributed by atoms with Crippen molar-refractivity contribution in [2.24, 2.45) is 0 Å². The number of carbonyl (C=O) groups is 1. The lowest BCUT2D eigenvalue weighted by molar-refractivity contribution is -0.140. The topological polar surface area (TPSA) is 64.6 Å². The maximum Gasteiger partial charge on any atom is 0.663 e. The van der Waals surface area contributed by atoms with E-state index in [9.17, 15) is 9.36 Å². The zero-order chi connectivity index (χ0) is 11.8. The van der Waals surface area contributed by atoms with Gasteiger partial charge in [-0.05, 0) is 12.1 Å². The van der Waals surface area contributed by atoms with Crippen molar-refractivity contribution in [1.29, 1.82) is 0 Å². The largest absolute Gasteiger partial charge is 0.663 e. The van der Waals surface area contributed by atoms with Gasteiger partial charge in [-0.2, -0.15) is 0 Å². The van der Waals surface area contributed by atoms with E-state index in [-0.39, 0.29) is 12.6 Å². The molecule has 0 aliphatic heterocycles. The van der Waals surface area contributed by atoms with Gasteiger partial charge in [-0.1, -0.05) is 23.3 Å². The van der Waals surface area contributed by atoms with Crippen LogP contribution >= 0.6 is 8.18 Å². The molecular weight excluding hydrogens is 229 g/mol. The maximum absolute atomic E-state index is 11.3. The molecule has 16 heavy (non-hydrogen) atoms. The molecular formula is C10H13NO4P+. The highest BCUT2D eigenvalue weighted by Crippen LogP contribution is 2.21. The van der Waals surface area contributed by atoms with Gasteiger partial charge in [-0.3, -0.25) is 4.79 Å². The molecule has 1 unspecified atom stereocenters. The SMILES string of the molecule is CC(=O)OCCN[P+](=O)Oc1ccccc1. The fourth-order valence-electron chi connectivity index (χ4n) is 0.941. The number of carbonyl (C=O) groups excluding carboxylic acids is 1. The van der Waals surface area contributed by atoms with Gasteiger partial charge in [0.2, 0.25) is 0 Å². The molecule has 0 aliphatic carbocycles. The fraction of sp³-hybridized carbons (Fsp3) is 0.300. The van der Waals surface area contributed by atoms with E-state index in [0.717, 1.165) is 0 Å². The van der Waals surface area contributed by atoms with E-state index in [1.807, 2.05) is 6.07 Å². The van der Waals surface area contributed by atoms with Crippen molar-refractivity contribution < 1.29 is 18.6 Å². The molecule has 1 atom stereocenters. The smallest absolute Gasteiger partial charge is 0.464 e. The molecule has 1 aromatic carbocycles. The van der Waals surface area contributed by atoms with E-state index in [2.05, 4.69) is 9.82 Å². The molecule has 5 nitrogen and oxygen atoms in total. The lowest BCUT2D eigenvalue weighted by Gasteiger charge is -1.97. The molecule has 1 N–H and O–H groups in total. The van der Waals surface area contributed by atoms with Crippen molar-refractivity contribution in [2.45, 2.75) is 6.92 Å². The van der Waals surface area contributed by atoms with Crippen molar-refractivity contribution in [2.75, 3.05) is 13.2 Å². The number of hydrogen-bond donors (Lipinski definition) is 1. The highest BCUT2D eigenvalue weighted by Gasteiger charge is 2.18. The van der Waals surface area contributed by atoms with Crippen LogP contribution in [0.2, 0.25) is 0 Å². The van der Waals surface area contributed by atoms with Crippen LogP contribution < -0.4 is 9.61 Å². The predicted molar refractivity (Wildman–Crippen MR) is 59.3 cm³/mol. The molecule has 0 fully saturated rings. The van der Waals surface area contributed by atoms with Gasteiger partial charge in [0.1, 0.15) is 6.61 Å². The van der Waals surface area contributed by atoms with Gasteiger partial charge in [0.25, 0.3) is 0 Å². The minimum atomic E-state index is -1.98. The molecule has 0 aliphatic rings. The zero-order valence-corrected chi connectivity index (χ0v) is 9.78. The van der Waals surface area contributed by atoms with Gasteiger partial charge >= 0.3 is 14.1 Å². The van der Waals surface area contributed by atoms with E-state index in [1.54, 1.807) is 24.3 Å². The number of rotatable bonds is 6. The van der Waals surface area contributed by atoms with Crippen molar-refractivity contribution in [3.05, 3.63) is 30.3 Å². The average Bonchev–Trinajstić information content (AvgIpc) is 2.25. The summed E-state index contributed by atoms with van der Waals surface area (Å²) in [5, 5.41) is 2.60. The third-order valence-electron chi connectivity index (χ3n) is 1.58. The van der Waals surface area contributed by atoms with E-state index in [1.165, 1.54) is 6.92 Å². The van der Waals surface area contributed by atoms with Crippen molar-refractivity contribution in [3.63, 3.8) is 0 Å². The standard InChI is InChI=1S/C10H13NO4P/c1-9(12)14-8-7-11-16(13)15-10-5-3-2-4-6-10/h2-6H,7-8H2,1H3,(H,11,13)/q+1. The Kier molecular flexibility index (Phi) is 5.46. The van der Waals surface area contributed by atoms with E-state index in [4.69, 9.17) is 4.52 Å². The summed E-state index contributed by atoms with van der Waals surface area (Å²) in [5.74, 6) is 0.171. The monoisotopic (exact) mass is 242 g/mol. The first-order chi connectivity index (χ1) is 7.68. The van der Waals surface area contributed by atoms with Gasteiger partial charge in [0.05, 0.1) is 6.54 Å². The number of esters is 1. The summed E-state index contributed by atoms with van der Waals surface area (Å²) in [6.45, 7) is 1.79. The highest BCUT2D eigenvalue weighted by atomic mass is 31.1. The normalized spacial score (nSPS) is 10.7. The van der Waals surface area contributed by atoms with Crippen LogP contribution in [0.4, 0.5) is 0 Å². The summed E-state index contributed by atoms with van der Waals surface area (Å²) < 4.78 is 21.1. The first-order valence-corrected chi connectivity index (χ1v) is 5.93. The van der Waals surface area contributed by atoms with Crippen molar-refractivity contribution in [1.82, 2.24) is 5.09 Å². The molecule has 0 amide bonds. The first kappa shape index (κ1) is 12.6. The lowest BCUT2D eigenvalue weighted by atomic mass is 10.3. The van der Waals surface area contributed by atoms with E-state index >= 15 is 0 Å². The molecule has 1 rings (SSSR count). The molecule has 0 radical (unpaired) electrons. The van der Waals surface area contributed by atoms with Crippen LogP contribution in [0.15, 0.2) is 30.3 Å². The highest BCUT2D eigenvalue weighted by molar-refractivity contribution is 7.37. The Bertz CT molecular complexity index is 355. The Hall–Kier alpha value is -1.45. The molecule has 6 heteroatoms. The summed E-state index contributed by atoms with van der Waals surface area (Å²) in [4.78, 5) is 10.4. The van der Waals surface area contributed by atoms with Gasteiger partial charge in [0.15, 0.2) is 5.75 Å². The van der Waals surface area contributed by atoms with Crippen LogP contribution in [0.25, 0.3) is 0 Å². The quantitative estimate of drug-likeness (QED) is 0.468. The van der Waals surface area contributed by atoms with Gasteiger partial charge in [-0.25, -0.2) is 4.52 Å². The summed E-state index contributed by atoms with van der Waals surface area (Å²) in [5.41, 5.74) is 0. The Balaban J connectivity index is 2.19. The van der Waals surface area contributed by atoms with Gasteiger partial charge in [-0.15, -0.1) is 0 Å². The van der Waals surface area contributed by atoms with Crippen LogP contribution in [0.1, 0.15) is 6.92 Å². The molecule has 0 aromatic heterocycles. The van der Waals surface area contributed by atoms with Gasteiger partial charge < -0.3 is 4.74 Å². The second kappa shape index (κ2) is 6.93. The Labute approximate surface area is 94.7 Å². The molecule has 0 saturated heterocycles. The molecule has 0 bridgehead atoms. The minimum Gasteiger partial charge on any atom is -0.464 e. The average molecular weight is 242 g/mol. The minimum absolute atomic E-state index is 0.175.